The third kappa shape index (κ3) is 11.0. The smallest absolute Gasteiger partial charge is 0.331 e. The van der Waals surface area contributed by atoms with E-state index in [1.807, 2.05) is 26.8 Å². The maximum atomic E-state index is 11.3. The van der Waals surface area contributed by atoms with Crippen LogP contribution in [0.3, 0.4) is 0 Å². The van der Waals surface area contributed by atoms with Gasteiger partial charge < -0.3 is 4.74 Å². The van der Waals surface area contributed by atoms with Gasteiger partial charge >= 0.3 is 5.97 Å². The van der Waals surface area contributed by atoms with Crippen LogP contribution in [0, 0.1) is 0 Å². The monoisotopic (exact) mass is 224 g/mol. The second-order valence-electron chi connectivity index (χ2n) is 4.82. The van der Waals surface area contributed by atoms with E-state index in [0.717, 1.165) is 6.42 Å². The average Bonchev–Trinajstić information content (AvgIpc) is 2.13. The summed E-state index contributed by atoms with van der Waals surface area (Å²) in [4.78, 5) is 11.3. The highest BCUT2D eigenvalue weighted by atomic mass is 16.6. The van der Waals surface area contributed by atoms with Crippen LogP contribution in [0.25, 0.3) is 0 Å². The van der Waals surface area contributed by atoms with Crippen LogP contribution in [0.4, 0.5) is 0 Å². The molecule has 2 nitrogen and oxygen atoms in total. The lowest BCUT2D eigenvalue weighted by Crippen LogP contribution is -2.22. The standard InChI is InChI=1S/C14H24O2/c1-5-6-7-8-9-10-11-12-13(15)16-14(2,3)4/h9-12H,5-8H2,1-4H3. The predicted octanol–water partition coefficient (Wildman–Crippen LogP) is 4.02. The van der Waals surface area contributed by atoms with Crippen molar-refractivity contribution in [2.24, 2.45) is 0 Å². The summed E-state index contributed by atoms with van der Waals surface area (Å²) in [7, 11) is 0. The van der Waals surface area contributed by atoms with Crippen LogP contribution in [0.5, 0.6) is 0 Å². The minimum atomic E-state index is -0.410. The molecule has 0 aliphatic rings. The Morgan fingerprint density at radius 2 is 1.88 bits per heavy atom. The topological polar surface area (TPSA) is 26.3 Å². The predicted molar refractivity (Wildman–Crippen MR) is 68.3 cm³/mol. The largest absolute Gasteiger partial charge is 0.457 e. The number of hydrogen-bond acceptors (Lipinski definition) is 2. The average molecular weight is 224 g/mol. The third-order valence-corrected chi connectivity index (χ3v) is 1.86. The molecule has 0 fully saturated rings. The van der Waals surface area contributed by atoms with Crippen LogP contribution < -0.4 is 0 Å². The molecule has 92 valence electrons. The van der Waals surface area contributed by atoms with E-state index in [4.69, 9.17) is 4.74 Å². The van der Waals surface area contributed by atoms with Gasteiger partial charge in [0.2, 0.25) is 0 Å². The van der Waals surface area contributed by atoms with Gasteiger partial charge in [-0.2, -0.15) is 0 Å². The van der Waals surface area contributed by atoms with Gasteiger partial charge in [-0.25, -0.2) is 4.79 Å². The number of hydrogen-bond donors (Lipinski definition) is 0. The summed E-state index contributed by atoms with van der Waals surface area (Å²) >= 11 is 0. The Hall–Kier alpha value is -1.05. The van der Waals surface area contributed by atoms with Gasteiger partial charge in [0, 0.05) is 6.08 Å². The molecule has 0 saturated heterocycles. The minimum Gasteiger partial charge on any atom is -0.457 e. The van der Waals surface area contributed by atoms with Crippen LogP contribution >= 0.6 is 0 Å². The van der Waals surface area contributed by atoms with Gasteiger partial charge in [-0.1, -0.05) is 38.0 Å². The molecule has 0 saturated carbocycles. The minimum absolute atomic E-state index is 0.286. The van der Waals surface area contributed by atoms with Crippen LogP contribution in [0.2, 0.25) is 0 Å². The first kappa shape index (κ1) is 14.9. The van der Waals surface area contributed by atoms with Crippen molar-refractivity contribution < 1.29 is 9.53 Å². The molecule has 0 aliphatic heterocycles. The SMILES string of the molecule is CCCCCC=CC=CC(=O)OC(C)(C)C. The number of carbonyl (C=O) groups is 1. The first-order valence-electron chi connectivity index (χ1n) is 6.02. The highest BCUT2D eigenvalue weighted by Gasteiger charge is 2.13. The Morgan fingerprint density at radius 3 is 2.44 bits per heavy atom. The maximum absolute atomic E-state index is 11.3. The van der Waals surface area contributed by atoms with Crippen molar-refractivity contribution in [2.45, 2.75) is 59.0 Å². The molecular weight excluding hydrogens is 200 g/mol. The van der Waals surface area contributed by atoms with Gasteiger partial charge in [-0.15, -0.1) is 0 Å². The quantitative estimate of drug-likeness (QED) is 0.295. The Labute approximate surface area is 99.4 Å². The van der Waals surface area contributed by atoms with Crippen molar-refractivity contribution in [2.75, 3.05) is 0 Å². The van der Waals surface area contributed by atoms with Gasteiger partial charge in [-0.05, 0) is 33.6 Å². The summed E-state index contributed by atoms with van der Waals surface area (Å²) in [5.74, 6) is -0.286. The lowest BCUT2D eigenvalue weighted by Gasteiger charge is -2.17. The fourth-order valence-corrected chi connectivity index (χ4v) is 1.16. The van der Waals surface area contributed by atoms with E-state index in [-0.39, 0.29) is 5.97 Å². The molecule has 0 heterocycles. The van der Waals surface area contributed by atoms with Crippen LogP contribution in [-0.2, 0) is 9.53 Å². The molecule has 0 aromatic rings. The zero-order valence-corrected chi connectivity index (χ0v) is 11.0. The summed E-state index contributed by atoms with van der Waals surface area (Å²) in [5, 5.41) is 0. The summed E-state index contributed by atoms with van der Waals surface area (Å²) in [6.07, 6.45) is 12.0. The molecule has 0 atom stereocenters. The summed E-state index contributed by atoms with van der Waals surface area (Å²) in [6, 6.07) is 0. The molecule has 0 unspecified atom stereocenters. The number of ether oxygens (including phenoxy) is 1. The molecule has 0 N–H and O–H groups in total. The van der Waals surface area contributed by atoms with Crippen molar-refractivity contribution in [3.05, 3.63) is 24.3 Å². The van der Waals surface area contributed by atoms with E-state index in [2.05, 4.69) is 13.0 Å². The number of unbranched alkanes of at least 4 members (excludes halogenated alkanes) is 3. The molecule has 2 heteroatoms. The Morgan fingerprint density at radius 1 is 1.19 bits per heavy atom. The maximum Gasteiger partial charge on any atom is 0.331 e. The van der Waals surface area contributed by atoms with Crippen LogP contribution in [-0.4, -0.2) is 11.6 Å². The molecule has 16 heavy (non-hydrogen) atoms. The molecule has 0 aromatic carbocycles. The third-order valence-electron chi connectivity index (χ3n) is 1.86. The van der Waals surface area contributed by atoms with Crippen molar-refractivity contribution >= 4 is 5.97 Å². The molecular formula is C14H24O2. The highest BCUT2D eigenvalue weighted by Crippen LogP contribution is 2.07. The van der Waals surface area contributed by atoms with Crippen molar-refractivity contribution in [3.8, 4) is 0 Å². The molecule has 0 radical (unpaired) electrons. The summed E-state index contributed by atoms with van der Waals surface area (Å²) in [6.45, 7) is 7.77. The van der Waals surface area contributed by atoms with E-state index in [0.29, 0.717) is 0 Å². The fraction of sp³-hybridized carbons (Fsp3) is 0.643. The first-order valence-corrected chi connectivity index (χ1v) is 6.02. The van der Waals surface area contributed by atoms with Gasteiger partial charge in [0.05, 0.1) is 0 Å². The number of allylic oxidation sites excluding steroid dienone is 3. The van der Waals surface area contributed by atoms with Crippen molar-refractivity contribution in [1.82, 2.24) is 0 Å². The van der Waals surface area contributed by atoms with Crippen LogP contribution in [0.1, 0.15) is 53.4 Å². The second kappa shape index (κ2) is 8.14. The second-order valence-corrected chi connectivity index (χ2v) is 4.82. The summed E-state index contributed by atoms with van der Waals surface area (Å²) in [5.41, 5.74) is -0.410. The van der Waals surface area contributed by atoms with Crippen molar-refractivity contribution in [3.63, 3.8) is 0 Å². The normalized spacial score (nSPS) is 12.5. The molecule has 0 spiro atoms. The molecule has 0 bridgehead atoms. The van der Waals surface area contributed by atoms with Crippen molar-refractivity contribution in [1.29, 1.82) is 0 Å². The first-order chi connectivity index (χ1) is 7.45. The Bertz CT molecular complexity index is 244. The van der Waals surface area contributed by atoms with Gasteiger partial charge in [0.1, 0.15) is 5.60 Å². The van der Waals surface area contributed by atoms with Gasteiger partial charge in [-0.3, -0.25) is 0 Å². The molecule has 0 aromatic heterocycles. The van der Waals surface area contributed by atoms with E-state index >= 15 is 0 Å². The zero-order chi connectivity index (χ0) is 12.4. The number of carbonyl (C=O) groups excluding carboxylic acids is 1. The molecule has 0 amide bonds. The van der Waals surface area contributed by atoms with E-state index < -0.39 is 5.60 Å². The summed E-state index contributed by atoms with van der Waals surface area (Å²) < 4.78 is 5.12. The van der Waals surface area contributed by atoms with Crippen LogP contribution in [0.15, 0.2) is 24.3 Å². The van der Waals surface area contributed by atoms with Gasteiger partial charge in [0.25, 0.3) is 0 Å². The lowest BCUT2D eigenvalue weighted by molar-refractivity contribution is -0.148. The fourth-order valence-electron chi connectivity index (χ4n) is 1.16. The Balaban J connectivity index is 3.71. The molecule has 0 aliphatic carbocycles. The van der Waals surface area contributed by atoms with Gasteiger partial charge in [0.15, 0.2) is 0 Å². The van der Waals surface area contributed by atoms with E-state index in [1.165, 1.54) is 25.3 Å². The Kier molecular flexibility index (Phi) is 7.61. The number of rotatable bonds is 6. The number of esters is 1. The zero-order valence-electron chi connectivity index (χ0n) is 11.0. The lowest BCUT2D eigenvalue weighted by atomic mass is 10.2. The molecule has 0 rings (SSSR count). The van der Waals surface area contributed by atoms with E-state index in [1.54, 1.807) is 6.08 Å². The highest BCUT2D eigenvalue weighted by molar-refractivity contribution is 5.82. The van der Waals surface area contributed by atoms with E-state index in [9.17, 15) is 4.79 Å².